The number of hydrogen-bond donors (Lipinski definition) is 3. The first-order valence-corrected chi connectivity index (χ1v) is 9.45. The Morgan fingerprint density at radius 1 is 1.07 bits per heavy atom. The molecule has 0 spiro atoms. The molecule has 1 saturated carbocycles. The summed E-state index contributed by atoms with van der Waals surface area (Å²) >= 11 is 5.86. The number of carbonyl (C=O) groups excluding carboxylic acids is 1. The summed E-state index contributed by atoms with van der Waals surface area (Å²) in [7, 11) is 0. The van der Waals surface area contributed by atoms with E-state index in [4.69, 9.17) is 11.6 Å². The van der Waals surface area contributed by atoms with Crippen LogP contribution in [0.1, 0.15) is 36.0 Å². The number of rotatable bonds is 3. The van der Waals surface area contributed by atoms with Gasteiger partial charge in [0.15, 0.2) is 11.6 Å². The minimum absolute atomic E-state index is 0.0626. The maximum absolute atomic E-state index is 13.6. The lowest BCUT2D eigenvalue weighted by Gasteiger charge is -2.25. The van der Waals surface area contributed by atoms with E-state index in [9.17, 15) is 23.1 Å². The van der Waals surface area contributed by atoms with E-state index in [2.05, 4.69) is 15.6 Å². The highest BCUT2D eigenvalue weighted by Crippen LogP contribution is 2.22. The van der Waals surface area contributed by atoms with Crippen molar-refractivity contribution in [2.75, 3.05) is 5.32 Å². The third-order valence-electron chi connectivity index (χ3n) is 4.53. The molecule has 1 amide bonds. The van der Waals surface area contributed by atoms with Crippen molar-refractivity contribution in [2.24, 2.45) is 4.99 Å². The second-order valence-electron chi connectivity index (χ2n) is 6.76. The molecule has 29 heavy (non-hydrogen) atoms. The van der Waals surface area contributed by atoms with Gasteiger partial charge in [-0.15, -0.1) is 0 Å². The number of amides is 1. The molecule has 0 bridgehead atoms. The third-order valence-corrected chi connectivity index (χ3v) is 4.75. The van der Waals surface area contributed by atoms with Crippen molar-refractivity contribution in [3.05, 3.63) is 64.4 Å². The van der Waals surface area contributed by atoms with Crippen molar-refractivity contribution in [1.82, 2.24) is 5.32 Å². The number of benzene rings is 2. The quantitative estimate of drug-likeness (QED) is 0.508. The first-order chi connectivity index (χ1) is 13.8. The minimum Gasteiger partial charge on any atom is -0.391 e. The van der Waals surface area contributed by atoms with Gasteiger partial charge in [0.2, 0.25) is 5.96 Å². The van der Waals surface area contributed by atoms with Crippen LogP contribution in [0.2, 0.25) is 5.02 Å². The first-order valence-electron chi connectivity index (χ1n) is 9.07. The molecule has 0 heterocycles. The van der Waals surface area contributed by atoms with Crippen LogP contribution < -0.4 is 10.6 Å². The second-order valence-corrected chi connectivity index (χ2v) is 7.20. The van der Waals surface area contributed by atoms with Gasteiger partial charge in [-0.25, -0.2) is 18.2 Å². The Bertz CT molecular complexity index is 919. The highest BCUT2D eigenvalue weighted by molar-refractivity contribution is 6.31. The summed E-state index contributed by atoms with van der Waals surface area (Å²) in [5.41, 5.74) is 0.101. The van der Waals surface area contributed by atoms with Gasteiger partial charge in [-0.05, 0) is 49.2 Å². The Morgan fingerprint density at radius 2 is 1.83 bits per heavy atom. The fraction of sp³-hybridized carbons (Fsp3) is 0.300. The smallest absolute Gasteiger partial charge is 0.258 e. The second kappa shape index (κ2) is 9.28. The fourth-order valence-corrected chi connectivity index (χ4v) is 3.31. The summed E-state index contributed by atoms with van der Waals surface area (Å²) in [5.74, 6) is -3.64. The van der Waals surface area contributed by atoms with E-state index < -0.39 is 35.5 Å². The summed E-state index contributed by atoms with van der Waals surface area (Å²) in [6, 6.07) is 5.96. The van der Waals surface area contributed by atoms with Crippen molar-refractivity contribution < 1.29 is 23.1 Å². The molecule has 1 fully saturated rings. The van der Waals surface area contributed by atoms with Crippen LogP contribution in [-0.2, 0) is 0 Å². The van der Waals surface area contributed by atoms with Crippen LogP contribution in [0.5, 0.6) is 0 Å². The van der Waals surface area contributed by atoms with Crippen LogP contribution in [-0.4, -0.2) is 29.1 Å². The molecule has 3 rings (SSSR count). The Hall–Kier alpha value is -2.58. The molecule has 2 aromatic carbocycles. The van der Waals surface area contributed by atoms with Gasteiger partial charge in [0.25, 0.3) is 5.91 Å². The molecule has 3 N–H and O–H groups in total. The van der Waals surface area contributed by atoms with Gasteiger partial charge in [-0.1, -0.05) is 24.4 Å². The lowest BCUT2D eigenvalue weighted by atomic mass is 9.93. The Morgan fingerprint density at radius 3 is 2.52 bits per heavy atom. The van der Waals surface area contributed by atoms with E-state index in [1.165, 1.54) is 6.07 Å². The highest BCUT2D eigenvalue weighted by atomic mass is 35.5. The highest BCUT2D eigenvalue weighted by Gasteiger charge is 2.24. The number of carbonyl (C=O) groups is 1. The standard InChI is InChI=1S/C20H19ClF3N3O2/c21-12-8-13(22)10-14(9-12)25-20(26-17-3-1-2-4-18(17)28)27-19(29)11-5-6-15(23)16(24)7-11/h5-10,17-18,28H,1-4H2,(H2,25,26,27,29). The number of guanidine groups is 1. The largest absolute Gasteiger partial charge is 0.391 e. The van der Waals surface area contributed by atoms with Crippen LogP contribution in [0, 0.1) is 17.5 Å². The molecule has 154 valence electrons. The average molecular weight is 426 g/mol. The normalized spacial score (nSPS) is 19.7. The van der Waals surface area contributed by atoms with Crippen LogP contribution in [0.3, 0.4) is 0 Å². The Labute approximate surface area is 170 Å². The van der Waals surface area contributed by atoms with Gasteiger partial charge in [-0.3, -0.25) is 10.1 Å². The van der Waals surface area contributed by atoms with Crippen molar-refractivity contribution in [3.8, 4) is 0 Å². The van der Waals surface area contributed by atoms with Gasteiger partial charge in [0.1, 0.15) is 5.82 Å². The maximum atomic E-state index is 13.6. The van der Waals surface area contributed by atoms with Gasteiger partial charge < -0.3 is 10.4 Å². The predicted molar refractivity (Wildman–Crippen MR) is 105 cm³/mol. The van der Waals surface area contributed by atoms with Crippen molar-refractivity contribution in [2.45, 2.75) is 37.8 Å². The molecular formula is C20H19ClF3N3O2. The molecule has 2 unspecified atom stereocenters. The molecule has 0 radical (unpaired) electrons. The van der Waals surface area contributed by atoms with Crippen molar-refractivity contribution in [3.63, 3.8) is 0 Å². The summed E-state index contributed by atoms with van der Waals surface area (Å²) in [6.45, 7) is 0. The first kappa shape index (κ1) is 21.1. The lowest BCUT2D eigenvalue weighted by molar-refractivity contribution is 0.0971. The molecule has 2 aromatic rings. The maximum Gasteiger partial charge on any atom is 0.258 e. The molecule has 0 saturated heterocycles. The molecule has 1 aliphatic rings. The van der Waals surface area contributed by atoms with E-state index in [1.807, 2.05) is 0 Å². The van der Waals surface area contributed by atoms with Crippen LogP contribution >= 0.6 is 11.6 Å². The lowest BCUT2D eigenvalue weighted by Crippen LogP contribution is -2.39. The van der Waals surface area contributed by atoms with E-state index in [0.717, 1.165) is 43.2 Å². The summed E-state index contributed by atoms with van der Waals surface area (Å²) < 4.78 is 40.2. The topological polar surface area (TPSA) is 73.7 Å². The zero-order valence-electron chi connectivity index (χ0n) is 15.3. The Kier molecular flexibility index (Phi) is 6.76. The van der Waals surface area contributed by atoms with Gasteiger partial charge >= 0.3 is 0 Å². The third kappa shape index (κ3) is 5.71. The summed E-state index contributed by atoms with van der Waals surface area (Å²) in [5, 5.41) is 15.5. The Balaban J connectivity index is 1.86. The predicted octanol–water partition coefficient (Wildman–Crippen LogP) is 4.26. The monoisotopic (exact) mass is 425 g/mol. The number of aliphatic hydroxyl groups is 1. The van der Waals surface area contributed by atoms with Gasteiger partial charge in [0.05, 0.1) is 12.1 Å². The fourth-order valence-electron chi connectivity index (χ4n) is 3.08. The van der Waals surface area contributed by atoms with Crippen LogP contribution in [0.4, 0.5) is 18.9 Å². The van der Waals surface area contributed by atoms with E-state index >= 15 is 0 Å². The number of nitrogens with one attached hydrogen (secondary N) is 2. The van der Waals surface area contributed by atoms with Crippen molar-refractivity contribution >= 4 is 29.2 Å². The van der Waals surface area contributed by atoms with Gasteiger partial charge in [0, 0.05) is 16.3 Å². The molecule has 9 heteroatoms. The summed E-state index contributed by atoms with van der Waals surface area (Å²) in [4.78, 5) is 16.8. The molecule has 5 nitrogen and oxygen atoms in total. The zero-order chi connectivity index (χ0) is 21.0. The molecule has 2 atom stereocenters. The van der Waals surface area contributed by atoms with Crippen LogP contribution in [0.15, 0.2) is 41.4 Å². The number of aliphatic hydroxyl groups excluding tert-OH is 1. The molecular weight excluding hydrogens is 407 g/mol. The van der Waals surface area contributed by atoms with E-state index in [0.29, 0.717) is 12.8 Å². The number of aliphatic imine (C=N–C) groups is 1. The van der Waals surface area contributed by atoms with E-state index in [1.54, 1.807) is 0 Å². The number of anilines is 1. The zero-order valence-corrected chi connectivity index (χ0v) is 16.0. The number of hydrogen-bond acceptors (Lipinski definition) is 3. The van der Waals surface area contributed by atoms with Crippen LogP contribution in [0.25, 0.3) is 0 Å². The molecule has 0 aromatic heterocycles. The molecule has 0 aliphatic heterocycles. The van der Waals surface area contributed by atoms with Gasteiger partial charge in [-0.2, -0.15) is 0 Å². The molecule has 1 aliphatic carbocycles. The number of halogens is 4. The van der Waals surface area contributed by atoms with Crippen molar-refractivity contribution in [1.29, 1.82) is 0 Å². The average Bonchev–Trinajstić information content (AvgIpc) is 2.65. The van der Waals surface area contributed by atoms with E-state index in [-0.39, 0.29) is 22.2 Å². The SMILES string of the molecule is O=C(NC(=NC1CCCCC1O)Nc1cc(F)cc(Cl)c1)c1ccc(F)c(F)c1. The minimum atomic E-state index is -1.16. The number of nitrogens with zero attached hydrogens (tertiary/aromatic N) is 1. The summed E-state index contributed by atoms with van der Waals surface area (Å²) in [6.07, 6.45) is 2.23.